The van der Waals surface area contributed by atoms with E-state index in [1.807, 2.05) is 0 Å². The molecule has 1 aromatic carbocycles. The third-order valence-corrected chi connectivity index (χ3v) is 7.91. The molecule has 14 heteroatoms. The van der Waals surface area contributed by atoms with Crippen LogP contribution in [0.5, 0.6) is 5.75 Å². The summed E-state index contributed by atoms with van der Waals surface area (Å²) < 4.78 is 33.2. The Hall–Kier alpha value is -4.05. The highest BCUT2D eigenvalue weighted by molar-refractivity contribution is 5.95. The molecule has 236 valence electrons. The van der Waals surface area contributed by atoms with Gasteiger partial charge in [-0.2, -0.15) is 0 Å². The highest BCUT2D eigenvalue weighted by atomic mass is 16.8. The minimum Gasteiger partial charge on any atom is -0.508 e. The normalized spacial score (nSPS) is 35.0. The van der Waals surface area contributed by atoms with E-state index >= 15 is 0 Å². The average molecular weight is 617 g/mol. The van der Waals surface area contributed by atoms with Crippen LogP contribution in [-0.4, -0.2) is 106 Å². The Bertz CT molecular complexity index is 1390. The van der Waals surface area contributed by atoms with Crippen LogP contribution in [0.3, 0.4) is 0 Å². The van der Waals surface area contributed by atoms with Gasteiger partial charge in [-0.1, -0.05) is 18.2 Å². The molecule has 44 heavy (non-hydrogen) atoms. The van der Waals surface area contributed by atoms with Crippen molar-refractivity contribution in [3.8, 4) is 5.75 Å². The molecule has 0 saturated carbocycles. The molecule has 0 aromatic heterocycles. The zero-order valence-corrected chi connectivity index (χ0v) is 23.6. The van der Waals surface area contributed by atoms with Gasteiger partial charge in [0.15, 0.2) is 11.9 Å². The monoisotopic (exact) mass is 616 g/mol. The third kappa shape index (κ3) is 5.87. The van der Waals surface area contributed by atoms with Crippen molar-refractivity contribution in [2.75, 3.05) is 13.7 Å². The lowest BCUT2D eigenvalue weighted by molar-refractivity contribution is -0.344. The predicted molar refractivity (Wildman–Crippen MR) is 146 cm³/mol. The van der Waals surface area contributed by atoms with Crippen molar-refractivity contribution in [1.29, 1.82) is 0 Å². The SMILES string of the molecule is COC(=O)C1=COC(OC2OC(CO)C(O)C(O)C2O)C2C1C=C[C@@]21C=C([C@@H](C)OC(=O)/C=C/c2ccc(O)cc2)C(=O)O1. The fourth-order valence-electron chi connectivity index (χ4n) is 5.59. The second kappa shape index (κ2) is 12.5. The first-order valence-electron chi connectivity index (χ1n) is 13.7. The van der Waals surface area contributed by atoms with E-state index in [2.05, 4.69) is 0 Å². The van der Waals surface area contributed by atoms with Gasteiger partial charge in [0, 0.05) is 12.0 Å². The van der Waals surface area contributed by atoms with Crippen molar-refractivity contribution in [1.82, 2.24) is 0 Å². The second-order valence-electron chi connectivity index (χ2n) is 10.7. The molecule has 14 nitrogen and oxygen atoms in total. The molecule has 1 spiro atoms. The first-order valence-corrected chi connectivity index (χ1v) is 13.7. The van der Waals surface area contributed by atoms with Crippen molar-refractivity contribution in [2.24, 2.45) is 11.8 Å². The summed E-state index contributed by atoms with van der Waals surface area (Å²) in [6.45, 7) is 0.790. The fraction of sp³-hybridized carbons (Fsp3) is 0.433. The van der Waals surface area contributed by atoms with Crippen molar-refractivity contribution in [2.45, 2.75) is 55.6 Å². The standard InChI is InChI=1S/C30H32O14/c1-14(41-21(33)8-5-15-3-6-16(32)7-4-15)18-11-30(44-27(18)38)10-9-17-19(26(37)39-2)13-40-28(22(17)30)43-29-25(36)24(35)23(34)20(12-31)42-29/h3-11,13-14,17,20,22-25,28-29,31-32,34-36H,12H2,1-2H3/b8-5+/t14-,17?,20?,22?,23?,24?,25?,28?,29?,30-/m1/s1. The van der Waals surface area contributed by atoms with Gasteiger partial charge in [-0.05, 0) is 42.8 Å². The van der Waals surface area contributed by atoms with E-state index < -0.39 is 85.1 Å². The van der Waals surface area contributed by atoms with Gasteiger partial charge in [0.1, 0.15) is 36.3 Å². The molecule has 8 unspecified atom stereocenters. The van der Waals surface area contributed by atoms with Crippen LogP contribution in [0.1, 0.15) is 12.5 Å². The number of hydrogen-bond donors (Lipinski definition) is 5. The van der Waals surface area contributed by atoms with Gasteiger partial charge >= 0.3 is 17.9 Å². The Morgan fingerprint density at radius 1 is 1.09 bits per heavy atom. The van der Waals surface area contributed by atoms with Crippen LogP contribution in [0.25, 0.3) is 6.08 Å². The van der Waals surface area contributed by atoms with Crippen molar-refractivity contribution < 1.29 is 68.3 Å². The largest absolute Gasteiger partial charge is 0.508 e. The number of allylic oxidation sites excluding steroid dienone is 1. The number of benzene rings is 1. The molecular formula is C30H32O14. The van der Waals surface area contributed by atoms with Gasteiger partial charge < -0.3 is 54.0 Å². The van der Waals surface area contributed by atoms with Crippen molar-refractivity contribution >= 4 is 24.0 Å². The Balaban J connectivity index is 1.39. The molecule has 1 fully saturated rings. The first kappa shape index (κ1) is 31.4. The molecular weight excluding hydrogens is 584 g/mol. The summed E-state index contributed by atoms with van der Waals surface area (Å²) in [5.41, 5.74) is -0.852. The van der Waals surface area contributed by atoms with Gasteiger partial charge in [0.2, 0.25) is 6.29 Å². The number of carbonyl (C=O) groups is 3. The van der Waals surface area contributed by atoms with E-state index in [-0.39, 0.29) is 16.9 Å². The second-order valence-corrected chi connectivity index (χ2v) is 10.7. The van der Waals surface area contributed by atoms with E-state index in [4.69, 9.17) is 28.4 Å². The maximum atomic E-state index is 13.1. The number of ether oxygens (including phenoxy) is 6. The molecule has 4 aliphatic rings. The number of aliphatic hydroxyl groups excluding tert-OH is 4. The average Bonchev–Trinajstić information content (AvgIpc) is 3.56. The Labute approximate surface area is 251 Å². The smallest absolute Gasteiger partial charge is 0.338 e. The van der Waals surface area contributed by atoms with Gasteiger partial charge in [0.25, 0.3) is 0 Å². The predicted octanol–water partition coefficient (Wildman–Crippen LogP) is -0.409. The van der Waals surface area contributed by atoms with Gasteiger partial charge in [-0.15, -0.1) is 0 Å². The number of rotatable bonds is 8. The van der Waals surface area contributed by atoms with Gasteiger partial charge in [-0.3, -0.25) is 0 Å². The lowest BCUT2D eigenvalue weighted by Crippen LogP contribution is -2.60. The lowest BCUT2D eigenvalue weighted by Gasteiger charge is -2.44. The molecule has 0 amide bonds. The minimum absolute atomic E-state index is 0.00226. The van der Waals surface area contributed by atoms with E-state index in [1.165, 1.54) is 44.4 Å². The summed E-state index contributed by atoms with van der Waals surface area (Å²) in [6, 6.07) is 6.11. The van der Waals surface area contributed by atoms with Crippen LogP contribution in [0.2, 0.25) is 0 Å². The molecule has 3 aliphatic heterocycles. The van der Waals surface area contributed by atoms with Gasteiger partial charge in [0.05, 0.1) is 37.0 Å². The topological polar surface area (TPSA) is 208 Å². The summed E-state index contributed by atoms with van der Waals surface area (Å²) in [5.74, 6) is -3.97. The van der Waals surface area contributed by atoms with E-state index in [0.29, 0.717) is 5.56 Å². The van der Waals surface area contributed by atoms with Gasteiger partial charge in [-0.25, -0.2) is 14.4 Å². The fourth-order valence-corrected chi connectivity index (χ4v) is 5.59. The zero-order valence-electron chi connectivity index (χ0n) is 23.6. The third-order valence-electron chi connectivity index (χ3n) is 7.91. The summed E-state index contributed by atoms with van der Waals surface area (Å²) in [4.78, 5) is 38.2. The maximum absolute atomic E-state index is 13.1. The Kier molecular flexibility index (Phi) is 8.92. The highest BCUT2D eigenvalue weighted by Gasteiger charge is 2.60. The van der Waals surface area contributed by atoms with E-state index in [0.717, 1.165) is 12.3 Å². The lowest BCUT2D eigenvalue weighted by atomic mass is 9.78. The van der Waals surface area contributed by atoms with Crippen molar-refractivity contribution in [3.63, 3.8) is 0 Å². The van der Waals surface area contributed by atoms with Crippen LogP contribution in [0.4, 0.5) is 0 Å². The molecule has 5 rings (SSSR count). The van der Waals surface area contributed by atoms with Crippen LogP contribution >= 0.6 is 0 Å². The van der Waals surface area contributed by atoms with E-state index in [1.54, 1.807) is 18.2 Å². The number of phenols is 1. The molecule has 1 aliphatic carbocycles. The van der Waals surface area contributed by atoms with Crippen LogP contribution in [0, 0.1) is 11.8 Å². The number of methoxy groups -OCH3 is 1. The number of aromatic hydroxyl groups is 1. The molecule has 5 N–H and O–H groups in total. The number of phenolic OH excluding ortho intramolecular Hbond substituents is 1. The summed E-state index contributed by atoms with van der Waals surface area (Å²) in [5, 5.41) is 49.8. The molecule has 1 aromatic rings. The molecule has 3 heterocycles. The van der Waals surface area contributed by atoms with Crippen LogP contribution in [0.15, 0.2) is 66.0 Å². The van der Waals surface area contributed by atoms with Crippen molar-refractivity contribution in [3.05, 3.63) is 71.5 Å². The number of fused-ring (bicyclic) bond motifs is 2. The number of esters is 3. The van der Waals surface area contributed by atoms with Crippen LogP contribution < -0.4 is 0 Å². The molecule has 10 atom stereocenters. The summed E-state index contributed by atoms with van der Waals surface area (Å²) in [6.07, 6.45) is -2.06. The summed E-state index contributed by atoms with van der Waals surface area (Å²) in [7, 11) is 1.18. The zero-order chi connectivity index (χ0) is 31.8. The summed E-state index contributed by atoms with van der Waals surface area (Å²) >= 11 is 0. The van der Waals surface area contributed by atoms with E-state index in [9.17, 15) is 39.9 Å². The number of aliphatic hydroxyl groups is 4. The number of carbonyl (C=O) groups excluding carboxylic acids is 3. The molecule has 0 radical (unpaired) electrons. The Morgan fingerprint density at radius 3 is 2.50 bits per heavy atom. The molecule has 0 bridgehead atoms. The first-order chi connectivity index (χ1) is 21.0. The highest BCUT2D eigenvalue weighted by Crippen LogP contribution is 2.51. The molecule has 1 saturated heterocycles. The minimum atomic E-state index is -1.75. The van der Waals surface area contributed by atoms with Crippen LogP contribution in [-0.2, 0) is 42.8 Å². The quantitative estimate of drug-likeness (QED) is 0.109. The number of hydrogen-bond acceptors (Lipinski definition) is 14. The maximum Gasteiger partial charge on any atom is 0.338 e. The Morgan fingerprint density at radius 2 is 1.82 bits per heavy atom.